The lowest BCUT2D eigenvalue weighted by atomic mass is 10.2. The highest BCUT2D eigenvalue weighted by atomic mass is 32.2. The van der Waals surface area contributed by atoms with Gasteiger partial charge in [-0.15, -0.1) is 0 Å². The van der Waals surface area contributed by atoms with Gasteiger partial charge in [-0.05, 0) is 11.5 Å². The maximum Gasteiger partial charge on any atom is 0.174 e. The van der Waals surface area contributed by atoms with E-state index < -0.39 is 6.10 Å². The van der Waals surface area contributed by atoms with E-state index in [1.54, 1.807) is 0 Å². The standard InChI is InChI=1S/C11H12N2O2S2/c14-6-9(15)7-16-11-12-10(13-17-11)8-4-2-1-3-5-8/h1-5,9,14-15H,6-7H2. The summed E-state index contributed by atoms with van der Waals surface area (Å²) in [6.07, 6.45) is -0.705. The monoisotopic (exact) mass is 268 g/mol. The van der Waals surface area contributed by atoms with Crippen molar-refractivity contribution in [2.45, 2.75) is 10.4 Å². The molecule has 0 fully saturated rings. The molecule has 0 amide bonds. The van der Waals surface area contributed by atoms with Crippen LogP contribution < -0.4 is 0 Å². The van der Waals surface area contributed by atoms with Crippen LogP contribution in [0.4, 0.5) is 0 Å². The molecule has 17 heavy (non-hydrogen) atoms. The molecule has 0 aliphatic heterocycles. The predicted octanol–water partition coefficient (Wildman–Crippen LogP) is 1.65. The van der Waals surface area contributed by atoms with Crippen LogP contribution in [0.5, 0.6) is 0 Å². The summed E-state index contributed by atoms with van der Waals surface area (Å²) < 4.78 is 5.06. The molecule has 1 unspecified atom stereocenters. The molecule has 0 saturated carbocycles. The van der Waals surface area contributed by atoms with Gasteiger partial charge in [-0.1, -0.05) is 42.1 Å². The highest BCUT2D eigenvalue weighted by molar-refractivity contribution is 8.00. The summed E-state index contributed by atoms with van der Waals surface area (Å²) >= 11 is 2.71. The number of nitrogens with zero attached hydrogens (tertiary/aromatic N) is 2. The number of benzene rings is 1. The van der Waals surface area contributed by atoms with Crippen LogP contribution >= 0.6 is 23.3 Å². The second-order valence-electron chi connectivity index (χ2n) is 3.40. The van der Waals surface area contributed by atoms with Crippen molar-refractivity contribution in [2.75, 3.05) is 12.4 Å². The van der Waals surface area contributed by atoms with E-state index in [9.17, 15) is 5.11 Å². The topological polar surface area (TPSA) is 66.2 Å². The Morgan fingerprint density at radius 2 is 2.06 bits per heavy atom. The summed E-state index contributed by atoms with van der Waals surface area (Å²) in [6, 6.07) is 9.75. The summed E-state index contributed by atoms with van der Waals surface area (Å²) in [7, 11) is 0. The number of hydrogen-bond donors (Lipinski definition) is 2. The van der Waals surface area contributed by atoms with Crippen molar-refractivity contribution in [1.29, 1.82) is 0 Å². The van der Waals surface area contributed by atoms with Crippen LogP contribution in [0.15, 0.2) is 34.7 Å². The maximum absolute atomic E-state index is 9.23. The zero-order chi connectivity index (χ0) is 12.1. The van der Waals surface area contributed by atoms with Crippen LogP contribution in [-0.2, 0) is 0 Å². The minimum Gasteiger partial charge on any atom is -0.394 e. The molecule has 4 nitrogen and oxygen atoms in total. The first-order valence-electron chi connectivity index (χ1n) is 5.10. The Labute approximate surface area is 108 Å². The zero-order valence-corrected chi connectivity index (χ0v) is 10.6. The molecule has 1 atom stereocenters. The van der Waals surface area contributed by atoms with E-state index in [0.717, 1.165) is 9.90 Å². The van der Waals surface area contributed by atoms with Crippen LogP contribution in [0.25, 0.3) is 11.4 Å². The Morgan fingerprint density at radius 3 is 2.76 bits per heavy atom. The molecule has 1 heterocycles. The molecule has 1 aromatic carbocycles. The minimum atomic E-state index is -0.705. The Balaban J connectivity index is 2.01. The molecule has 1 aromatic heterocycles. The highest BCUT2D eigenvalue weighted by Gasteiger charge is 2.09. The Bertz CT molecular complexity index is 462. The third-order valence-corrected chi connectivity index (χ3v) is 4.03. The molecule has 0 spiro atoms. The van der Waals surface area contributed by atoms with Gasteiger partial charge in [0.1, 0.15) is 0 Å². The van der Waals surface area contributed by atoms with Gasteiger partial charge >= 0.3 is 0 Å². The predicted molar refractivity (Wildman–Crippen MR) is 69.2 cm³/mol. The first-order chi connectivity index (χ1) is 8.29. The summed E-state index contributed by atoms with van der Waals surface area (Å²) in [5, 5.41) is 17.9. The van der Waals surface area contributed by atoms with Gasteiger partial charge < -0.3 is 10.2 Å². The first kappa shape index (κ1) is 12.5. The number of aromatic nitrogens is 2. The molecule has 2 N–H and O–H groups in total. The average Bonchev–Trinajstić information content (AvgIpc) is 2.86. The summed E-state index contributed by atoms with van der Waals surface area (Å²) in [6.45, 7) is -0.225. The second kappa shape index (κ2) is 6.11. The molecule has 0 bridgehead atoms. The van der Waals surface area contributed by atoms with Crippen molar-refractivity contribution >= 4 is 23.3 Å². The lowest BCUT2D eigenvalue weighted by molar-refractivity contribution is 0.113. The Morgan fingerprint density at radius 1 is 1.29 bits per heavy atom. The van der Waals surface area contributed by atoms with E-state index in [4.69, 9.17) is 5.11 Å². The number of aliphatic hydroxyl groups excluding tert-OH is 2. The minimum absolute atomic E-state index is 0.225. The molecular weight excluding hydrogens is 256 g/mol. The van der Waals surface area contributed by atoms with Crippen molar-refractivity contribution in [3.05, 3.63) is 30.3 Å². The van der Waals surface area contributed by atoms with Crippen LogP contribution in [-0.4, -0.2) is 38.0 Å². The zero-order valence-electron chi connectivity index (χ0n) is 8.98. The Kier molecular flexibility index (Phi) is 4.49. The molecule has 2 rings (SSSR count). The fraction of sp³-hybridized carbons (Fsp3) is 0.273. The lowest BCUT2D eigenvalue weighted by Crippen LogP contribution is -2.14. The highest BCUT2D eigenvalue weighted by Crippen LogP contribution is 2.25. The number of thioether (sulfide) groups is 1. The summed E-state index contributed by atoms with van der Waals surface area (Å²) in [5.74, 6) is 1.14. The molecule has 0 aliphatic rings. The van der Waals surface area contributed by atoms with Crippen molar-refractivity contribution in [1.82, 2.24) is 9.36 Å². The van der Waals surface area contributed by atoms with Gasteiger partial charge in [-0.3, -0.25) is 0 Å². The van der Waals surface area contributed by atoms with Crippen molar-refractivity contribution in [3.8, 4) is 11.4 Å². The van der Waals surface area contributed by atoms with Crippen LogP contribution in [0.2, 0.25) is 0 Å². The molecule has 6 heteroatoms. The summed E-state index contributed by atoms with van der Waals surface area (Å²) in [5.41, 5.74) is 0.985. The second-order valence-corrected chi connectivity index (χ2v) is 5.42. The molecule has 0 radical (unpaired) electrons. The average molecular weight is 268 g/mol. The number of aliphatic hydroxyl groups is 2. The van der Waals surface area contributed by atoms with Crippen molar-refractivity contribution in [2.24, 2.45) is 0 Å². The van der Waals surface area contributed by atoms with Gasteiger partial charge in [0.15, 0.2) is 10.2 Å². The van der Waals surface area contributed by atoms with Gasteiger partial charge in [-0.25, -0.2) is 4.98 Å². The van der Waals surface area contributed by atoms with E-state index in [-0.39, 0.29) is 6.61 Å². The van der Waals surface area contributed by atoms with Crippen LogP contribution in [0.3, 0.4) is 0 Å². The first-order valence-corrected chi connectivity index (χ1v) is 6.86. The fourth-order valence-electron chi connectivity index (χ4n) is 1.19. The van der Waals surface area contributed by atoms with Crippen molar-refractivity contribution in [3.63, 3.8) is 0 Å². The number of hydrogen-bond acceptors (Lipinski definition) is 6. The normalized spacial score (nSPS) is 12.6. The Hall–Kier alpha value is -0.950. The quantitative estimate of drug-likeness (QED) is 0.807. The fourth-order valence-corrected chi connectivity index (χ4v) is 2.75. The molecular formula is C11H12N2O2S2. The van der Waals surface area contributed by atoms with E-state index in [2.05, 4.69) is 9.36 Å². The summed E-state index contributed by atoms with van der Waals surface area (Å²) in [4.78, 5) is 4.36. The largest absolute Gasteiger partial charge is 0.394 e. The van der Waals surface area contributed by atoms with E-state index >= 15 is 0 Å². The molecule has 2 aromatic rings. The smallest absolute Gasteiger partial charge is 0.174 e. The van der Waals surface area contributed by atoms with E-state index in [1.807, 2.05) is 30.3 Å². The van der Waals surface area contributed by atoms with Crippen LogP contribution in [0.1, 0.15) is 0 Å². The maximum atomic E-state index is 9.23. The molecule has 0 aliphatic carbocycles. The van der Waals surface area contributed by atoms with Gasteiger partial charge in [-0.2, -0.15) is 4.37 Å². The third-order valence-electron chi connectivity index (χ3n) is 2.05. The van der Waals surface area contributed by atoms with Gasteiger partial charge in [0.05, 0.1) is 12.7 Å². The van der Waals surface area contributed by atoms with E-state index in [1.165, 1.54) is 23.3 Å². The number of rotatable bonds is 5. The van der Waals surface area contributed by atoms with Gasteiger partial charge in [0, 0.05) is 11.3 Å². The van der Waals surface area contributed by atoms with E-state index in [0.29, 0.717) is 11.6 Å². The van der Waals surface area contributed by atoms with Gasteiger partial charge in [0.25, 0.3) is 0 Å². The molecule has 90 valence electrons. The third kappa shape index (κ3) is 3.50. The van der Waals surface area contributed by atoms with Crippen LogP contribution in [0, 0.1) is 0 Å². The van der Waals surface area contributed by atoms with Crippen molar-refractivity contribution < 1.29 is 10.2 Å². The van der Waals surface area contributed by atoms with Gasteiger partial charge in [0.2, 0.25) is 0 Å². The SMILES string of the molecule is OCC(O)CSc1nc(-c2ccccc2)ns1. The lowest BCUT2D eigenvalue weighted by Gasteiger charge is -2.02. The molecule has 0 saturated heterocycles.